The fourth-order valence-electron chi connectivity index (χ4n) is 4.95. The number of ketones is 1. The molecule has 180 valence electrons. The van der Waals surface area contributed by atoms with Crippen molar-refractivity contribution in [1.29, 1.82) is 0 Å². The third-order valence-corrected chi connectivity index (χ3v) is 6.45. The lowest BCUT2D eigenvalue weighted by Crippen LogP contribution is -2.40. The summed E-state index contributed by atoms with van der Waals surface area (Å²) in [4.78, 5) is 28.3. The van der Waals surface area contributed by atoms with Gasteiger partial charge in [0.05, 0.1) is 24.3 Å². The van der Waals surface area contributed by atoms with Crippen LogP contribution in [0.15, 0.2) is 54.1 Å². The lowest BCUT2D eigenvalue weighted by molar-refractivity contribution is -0.141. The van der Waals surface area contributed by atoms with Crippen LogP contribution in [0, 0.1) is 0 Å². The van der Waals surface area contributed by atoms with Crippen LogP contribution in [0.1, 0.15) is 70.0 Å². The second-order valence-corrected chi connectivity index (χ2v) is 9.19. The van der Waals surface area contributed by atoms with Gasteiger partial charge >= 0.3 is 0 Å². The minimum atomic E-state index is -0.635. The van der Waals surface area contributed by atoms with E-state index >= 15 is 0 Å². The molecule has 1 unspecified atom stereocenters. The van der Waals surface area contributed by atoms with Gasteiger partial charge in [-0.05, 0) is 75.6 Å². The van der Waals surface area contributed by atoms with Crippen molar-refractivity contribution < 1.29 is 24.2 Å². The van der Waals surface area contributed by atoms with Crippen LogP contribution in [-0.2, 0) is 9.59 Å². The van der Waals surface area contributed by atoms with E-state index < -0.39 is 17.7 Å². The van der Waals surface area contributed by atoms with E-state index in [-0.39, 0.29) is 23.5 Å². The average Bonchev–Trinajstić information content (AvgIpc) is 3.10. The minimum absolute atomic E-state index is 0.0195. The van der Waals surface area contributed by atoms with Crippen LogP contribution in [0.5, 0.6) is 11.5 Å². The van der Waals surface area contributed by atoms with E-state index in [1.165, 1.54) is 0 Å². The Morgan fingerprint density at radius 1 is 0.971 bits per heavy atom. The van der Waals surface area contributed by atoms with E-state index in [1.54, 1.807) is 29.2 Å². The van der Waals surface area contributed by atoms with E-state index in [0.29, 0.717) is 17.9 Å². The van der Waals surface area contributed by atoms with Crippen molar-refractivity contribution in [2.75, 3.05) is 6.61 Å². The van der Waals surface area contributed by atoms with Crippen LogP contribution in [-0.4, -0.2) is 40.4 Å². The molecule has 6 nitrogen and oxygen atoms in total. The Bertz CT molecular complexity index is 1050. The number of ether oxygens (including phenoxy) is 2. The van der Waals surface area contributed by atoms with Gasteiger partial charge in [0, 0.05) is 11.6 Å². The summed E-state index contributed by atoms with van der Waals surface area (Å²) in [6.07, 6.45) is 4.95. The zero-order chi connectivity index (χ0) is 24.2. The summed E-state index contributed by atoms with van der Waals surface area (Å²) in [7, 11) is 0. The minimum Gasteiger partial charge on any atom is -0.507 e. The zero-order valence-corrected chi connectivity index (χ0v) is 20.1. The predicted molar refractivity (Wildman–Crippen MR) is 131 cm³/mol. The van der Waals surface area contributed by atoms with Crippen molar-refractivity contribution in [3.05, 3.63) is 65.2 Å². The molecular formula is C28H33NO5. The fraction of sp³-hybridized carbons (Fsp3) is 0.429. The Morgan fingerprint density at radius 2 is 1.59 bits per heavy atom. The molecule has 1 aliphatic heterocycles. The van der Waals surface area contributed by atoms with Crippen molar-refractivity contribution in [3.8, 4) is 11.5 Å². The maximum atomic E-state index is 13.3. The van der Waals surface area contributed by atoms with E-state index in [0.717, 1.165) is 43.4 Å². The quantitative estimate of drug-likeness (QED) is 0.327. The first-order chi connectivity index (χ1) is 16.4. The van der Waals surface area contributed by atoms with Crippen molar-refractivity contribution in [3.63, 3.8) is 0 Å². The number of amides is 1. The van der Waals surface area contributed by atoms with E-state index in [9.17, 15) is 14.7 Å². The van der Waals surface area contributed by atoms with Gasteiger partial charge in [-0.2, -0.15) is 0 Å². The van der Waals surface area contributed by atoms with Crippen LogP contribution in [0.2, 0.25) is 0 Å². The summed E-state index contributed by atoms with van der Waals surface area (Å²) in [5, 5.41) is 11.3. The number of carbonyl (C=O) groups is 2. The largest absolute Gasteiger partial charge is 0.507 e. The van der Waals surface area contributed by atoms with Crippen molar-refractivity contribution in [2.45, 2.75) is 71.1 Å². The van der Waals surface area contributed by atoms with E-state index in [4.69, 9.17) is 9.47 Å². The van der Waals surface area contributed by atoms with Gasteiger partial charge in [0.2, 0.25) is 0 Å². The van der Waals surface area contributed by atoms with Crippen molar-refractivity contribution in [2.24, 2.45) is 0 Å². The molecule has 1 atom stereocenters. The average molecular weight is 464 g/mol. The van der Waals surface area contributed by atoms with Crippen LogP contribution < -0.4 is 9.47 Å². The molecule has 6 heteroatoms. The number of nitrogens with zero attached hydrogens (tertiary/aromatic N) is 1. The molecule has 1 N–H and O–H groups in total. The van der Waals surface area contributed by atoms with Gasteiger partial charge in [-0.15, -0.1) is 0 Å². The lowest BCUT2D eigenvalue weighted by atomic mass is 9.91. The van der Waals surface area contributed by atoms with Crippen LogP contribution in [0.4, 0.5) is 0 Å². The molecule has 1 saturated carbocycles. The number of Topliss-reactive ketones (excluding diaryl/α,β-unsaturated/α-hetero) is 1. The second-order valence-electron chi connectivity index (χ2n) is 9.19. The zero-order valence-electron chi connectivity index (χ0n) is 20.1. The van der Waals surface area contributed by atoms with E-state index in [2.05, 4.69) is 0 Å². The summed E-state index contributed by atoms with van der Waals surface area (Å²) in [5.74, 6) is 0.0714. The Labute approximate surface area is 201 Å². The monoisotopic (exact) mass is 463 g/mol. The Hall–Kier alpha value is -3.28. The molecule has 2 fully saturated rings. The maximum absolute atomic E-state index is 13.3. The van der Waals surface area contributed by atoms with E-state index in [1.807, 2.05) is 45.0 Å². The SMILES string of the molecule is CCOc1ccc(C2/C(=C(/O)c3ccc(OC(C)C)cc3)C(=O)C(=O)N2C2CCCCC2)cc1. The summed E-state index contributed by atoms with van der Waals surface area (Å²) < 4.78 is 11.3. The number of rotatable bonds is 7. The molecule has 1 saturated heterocycles. The molecule has 0 bridgehead atoms. The number of carbonyl (C=O) groups excluding carboxylic acids is 2. The van der Waals surface area contributed by atoms with Crippen LogP contribution in [0.25, 0.3) is 5.76 Å². The number of likely N-dealkylation sites (tertiary alicyclic amines) is 1. The molecule has 1 heterocycles. The standard InChI is InChI=1S/C28H33NO5/c1-4-33-22-14-10-19(11-15-22)25-24(26(30)20-12-16-23(17-13-20)34-18(2)3)27(31)28(32)29(25)21-8-6-5-7-9-21/h10-18,21,25,30H,4-9H2,1-3H3/b26-24-. The summed E-state index contributed by atoms with van der Waals surface area (Å²) >= 11 is 0. The lowest BCUT2D eigenvalue weighted by Gasteiger charge is -2.35. The van der Waals surface area contributed by atoms with Gasteiger partial charge in [0.25, 0.3) is 11.7 Å². The highest BCUT2D eigenvalue weighted by Crippen LogP contribution is 2.43. The Balaban J connectivity index is 1.78. The number of hydrogen-bond acceptors (Lipinski definition) is 5. The third kappa shape index (κ3) is 4.81. The normalized spacial score (nSPS) is 20.7. The van der Waals surface area contributed by atoms with Gasteiger partial charge in [0.1, 0.15) is 17.3 Å². The first-order valence-corrected chi connectivity index (χ1v) is 12.2. The highest BCUT2D eigenvalue weighted by molar-refractivity contribution is 6.46. The topological polar surface area (TPSA) is 76.1 Å². The summed E-state index contributed by atoms with van der Waals surface area (Å²) in [6, 6.07) is 13.8. The summed E-state index contributed by atoms with van der Waals surface area (Å²) in [5.41, 5.74) is 1.40. The van der Waals surface area contributed by atoms with Crippen molar-refractivity contribution >= 4 is 17.4 Å². The molecule has 0 spiro atoms. The molecular weight excluding hydrogens is 430 g/mol. The van der Waals surface area contributed by atoms with Gasteiger partial charge in [-0.25, -0.2) is 0 Å². The molecule has 2 aromatic carbocycles. The highest BCUT2D eigenvalue weighted by Gasteiger charge is 2.48. The number of aliphatic hydroxyl groups excluding tert-OH is 1. The molecule has 2 aliphatic rings. The molecule has 4 rings (SSSR count). The van der Waals surface area contributed by atoms with Gasteiger partial charge in [0.15, 0.2) is 0 Å². The van der Waals surface area contributed by atoms with Crippen LogP contribution in [0.3, 0.4) is 0 Å². The Morgan fingerprint density at radius 3 is 2.18 bits per heavy atom. The Kier molecular flexibility index (Phi) is 7.25. The first kappa shape index (κ1) is 23.9. The fourth-order valence-corrected chi connectivity index (χ4v) is 4.95. The molecule has 1 aliphatic carbocycles. The van der Waals surface area contributed by atoms with Gasteiger partial charge < -0.3 is 19.5 Å². The number of hydrogen-bond donors (Lipinski definition) is 1. The van der Waals surface area contributed by atoms with Gasteiger partial charge in [-0.3, -0.25) is 9.59 Å². The van der Waals surface area contributed by atoms with Gasteiger partial charge in [-0.1, -0.05) is 31.4 Å². The summed E-state index contributed by atoms with van der Waals surface area (Å²) in [6.45, 7) is 6.36. The molecule has 2 aromatic rings. The maximum Gasteiger partial charge on any atom is 0.295 e. The second kappa shape index (κ2) is 10.3. The molecule has 0 radical (unpaired) electrons. The number of aliphatic hydroxyl groups is 1. The van der Waals surface area contributed by atoms with Crippen LogP contribution >= 0.6 is 0 Å². The molecule has 34 heavy (non-hydrogen) atoms. The highest BCUT2D eigenvalue weighted by atomic mass is 16.5. The predicted octanol–water partition coefficient (Wildman–Crippen LogP) is 5.63. The third-order valence-electron chi connectivity index (χ3n) is 6.45. The van der Waals surface area contributed by atoms with Crippen molar-refractivity contribution in [1.82, 2.24) is 4.90 Å². The first-order valence-electron chi connectivity index (χ1n) is 12.2. The molecule has 0 aromatic heterocycles. The smallest absolute Gasteiger partial charge is 0.295 e. The molecule has 1 amide bonds. The number of benzene rings is 2.